The summed E-state index contributed by atoms with van der Waals surface area (Å²) in [6.45, 7) is 3.46. The Morgan fingerprint density at radius 2 is 1.62 bits per heavy atom. The van der Waals surface area contributed by atoms with E-state index in [2.05, 4.69) is 4.74 Å². The van der Waals surface area contributed by atoms with E-state index >= 15 is 0 Å². The van der Waals surface area contributed by atoms with Crippen molar-refractivity contribution >= 4 is 12.1 Å². The highest BCUT2D eigenvalue weighted by atomic mass is 19.4. The first-order chi connectivity index (χ1) is 14.7. The Bertz CT molecular complexity index is 807. The molecule has 13 heteroatoms. The van der Waals surface area contributed by atoms with E-state index in [4.69, 9.17) is 9.84 Å². The third kappa shape index (κ3) is 6.90. The summed E-state index contributed by atoms with van der Waals surface area (Å²) in [7, 11) is 0. The molecule has 32 heavy (non-hydrogen) atoms. The number of carbonyl (C=O) groups is 2. The Kier molecular flexibility index (Phi) is 7.86. The fourth-order valence-electron chi connectivity index (χ4n) is 2.97. The van der Waals surface area contributed by atoms with Crippen LogP contribution in [0.2, 0.25) is 0 Å². The first kappa shape index (κ1) is 25.6. The van der Waals surface area contributed by atoms with Gasteiger partial charge in [0.25, 0.3) is 6.10 Å². The van der Waals surface area contributed by atoms with Crippen LogP contribution in [0.1, 0.15) is 18.1 Å². The second-order valence-corrected chi connectivity index (χ2v) is 7.32. The standard InChI is InChI=1S/C19H22F6N2O5/c1-11-3-4-13(14(9-11)31-12(2)15(28)29)10-26-5-7-27(8-6-26)17(30)32-16(18(20,21)22)19(23,24)25/h3-4,9,12,16H,5-8,10H2,1-2H3,(H,28,29)/t12-/m1/s1. The summed E-state index contributed by atoms with van der Waals surface area (Å²) in [5.41, 5.74) is 1.48. The lowest BCUT2D eigenvalue weighted by atomic mass is 10.1. The molecule has 7 nitrogen and oxygen atoms in total. The maximum Gasteiger partial charge on any atom is 0.434 e. The molecule has 1 N–H and O–H groups in total. The normalized spacial score (nSPS) is 16.7. The van der Waals surface area contributed by atoms with E-state index in [9.17, 15) is 35.9 Å². The highest BCUT2D eigenvalue weighted by molar-refractivity contribution is 5.72. The Balaban J connectivity index is 1.99. The van der Waals surface area contributed by atoms with Crippen LogP contribution in [0, 0.1) is 6.92 Å². The summed E-state index contributed by atoms with van der Waals surface area (Å²) in [6.07, 6.45) is -18.5. The van der Waals surface area contributed by atoms with Crippen molar-refractivity contribution in [3.05, 3.63) is 29.3 Å². The van der Waals surface area contributed by atoms with Gasteiger partial charge in [0.2, 0.25) is 0 Å². The monoisotopic (exact) mass is 472 g/mol. The fraction of sp³-hybridized carbons (Fsp3) is 0.579. The fourth-order valence-corrected chi connectivity index (χ4v) is 2.97. The van der Waals surface area contributed by atoms with Crippen LogP contribution >= 0.6 is 0 Å². The minimum absolute atomic E-state index is 0.144. The van der Waals surface area contributed by atoms with Crippen LogP contribution in [-0.2, 0) is 16.1 Å². The summed E-state index contributed by atoms with van der Waals surface area (Å²) in [5, 5.41) is 9.04. The Morgan fingerprint density at radius 1 is 1.06 bits per heavy atom. The smallest absolute Gasteiger partial charge is 0.434 e. The molecule has 1 aromatic carbocycles. The molecule has 1 heterocycles. The number of hydrogen-bond acceptors (Lipinski definition) is 5. The van der Waals surface area contributed by atoms with E-state index < -0.39 is 36.6 Å². The molecular formula is C19H22F6N2O5. The van der Waals surface area contributed by atoms with Gasteiger partial charge in [-0.2, -0.15) is 26.3 Å². The molecule has 0 aromatic heterocycles. The quantitative estimate of drug-likeness (QED) is 0.638. The van der Waals surface area contributed by atoms with Gasteiger partial charge in [0.15, 0.2) is 6.10 Å². The zero-order valence-electron chi connectivity index (χ0n) is 17.2. The van der Waals surface area contributed by atoms with Crippen molar-refractivity contribution in [3.8, 4) is 5.75 Å². The average molecular weight is 472 g/mol. The molecular weight excluding hydrogens is 450 g/mol. The SMILES string of the molecule is Cc1ccc(CN2CCN(C(=O)OC(C(F)(F)F)C(F)(F)F)CC2)c(O[C@H](C)C(=O)O)c1. The lowest BCUT2D eigenvalue weighted by Gasteiger charge is -2.35. The number of carbonyl (C=O) groups excluding carboxylic acids is 1. The molecule has 0 spiro atoms. The number of ether oxygens (including phenoxy) is 2. The third-order valence-electron chi connectivity index (χ3n) is 4.71. The molecule has 180 valence electrons. The van der Waals surface area contributed by atoms with Crippen molar-refractivity contribution < 1.29 is 50.5 Å². The third-order valence-corrected chi connectivity index (χ3v) is 4.71. The number of rotatable bonds is 6. The van der Waals surface area contributed by atoms with E-state index in [0.717, 1.165) is 10.5 Å². The topological polar surface area (TPSA) is 79.3 Å². The second-order valence-electron chi connectivity index (χ2n) is 7.32. The molecule has 0 bridgehead atoms. The van der Waals surface area contributed by atoms with Gasteiger partial charge in [-0.05, 0) is 25.5 Å². The van der Waals surface area contributed by atoms with Gasteiger partial charge < -0.3 is 19.5 Å². The van der Waals surface area contributed by atoms with Crippen molar-refractivity contribution in [3.63, 3.8) is 0 Å². The van der Waals surface area contributed by atoms with Crippen LogP contribution in [-0.4, -0.2) is 77.7 Å². The molecule has 1 atom stereocenters. The summed E-state index contributed by atoms with van der Waals surface area (Å²) in [6, 6.07) is 5.18. The zero-order valence-corrected chi connectivity index (χ0v) is 17.2. The van der Waals surface area contributed by atoms with Gasteiger partial charge in [-0.1, -0.05) is 12.1 Å². The van der Waals surface area contributed by atoms with E-state index in [-0.39, 0.29) is 32.7 Å². The number of aryl methyl sites for hydroxylation is 1. The predicted octanol–water partition coefficient (Wildman–Crippen LogP) is 3.59. The molecule has 0 unspecified atom stereocenters. The average Bonchev–Trinajstić information content (AvgIpc) is 2.66. The van der Waals surface area contributed by atoms with Crippen LogP contribution in [0.15, 0.2) is 18.2 Å². The van der Waals surface area contributed by atoms with E-state index in [1.165, 1.54) is 6.92 Å². The molecule has 0 aliphatic carbocycles. The van der Waals surface area contributed by atoms with Crippen LogP contribution in [0.25, 0.3) is 0 Å². The molecule has 0 radical (unpaired) electrons. The minimum Gasteiger partial charge on any atom is -0.479 e. The summed E-state index contributed by atoms with van der Waals surface area (Å²) in [4.78, 5) is 25.5. The van der Waals surface area contributed by atoms with E-state index in [1.807, 2.05) is 0 Å². The van der Waals surface area contributed by atoms with Gasteiger partial charge in [0.05, 0.1) is 0 Å². The predicted molar refractivity (Wildman–Crippen MR) is 98.1 cm³/mol. The van der Waals surface area contributed by atoms with Gasteiger partial charge in [0, 0.05) is 38.3 Å². The Morgan fingerprint density at radius 3 is 2.12 bits per heavy atom. The number of nitrogens with zero attached hydrogens (tertiary/aromatic N) is 2. The largest absolute Gasteiger partial charge is 0.479 e. The van der Waals surface area contributed by atoms with Gasteiger partial charge in [-0.3, -0.25) is 4.90 Å². The van der Waals surface area contributed by atoms with Crippen LogP contribution in [0.5, 0.6) is 5.75 Å². The number of amides is 1. The molecule has 2 rings (SSSR count). The summed E-state index contributed by atoms with van der Waals surface area (Å²) < 4.78 is 84.7. The second kappa shape index (κ2) is 9.84. The number of benzene rings is 1. The van der Waals surface area contributed by atoms with E-state index in [1.54, 1.807) is 30.0 Å². The molecule has 1 aliphatic heterocycles. The lowest BCUT2D eigenvalue weighted by molar-refractivity contribution is -0.308. The number of piperazine rings is 1. The van der Waals surface area contributed by atoms with Crippen molar-refractivity contribution in [1.82, 2.24) is 9.80 Å². The number of hydrogen-bond donors (Lipinski definition) is 1. The number of carboxylic acids is 1. The molecule has 1 amide bonds. The molecule has 0 saturated carbocycles. The first-order valence-electron chi connectivity index (χ1n) is 9.49. The zero-order chi connectivity index (χ0) is 24.3. The lowest BCUT2D eigenvalue weighted by Crippen LogP contribution is -2.52. The maximum atomic E-state index is 12.6. The summed E-state index contributed by atoms with van der Waals surface area (Å²) >= 11 is 0. The number of aliphatic carboxylic acids is 1. The molecule has 1 aromatic rings. The van der Waals surface area contributed by atoms with Gasteiger partial charge in [-0.15, -0.1) is 0 Å². The number of alkyl halides is 6. The van der Waals surface area contributed by atoms with Gasteiger partial charge in [0.1, 0.15) is 5.75 Å². The maximum absolute atomic E-state index is 12.6. The highest BCUT2D eigenvalue weighted by Gasteiger charge is 2.60. The van der Waals surface area contributed by atoms with Crippen LogP contribution in [0.3, 0.4) is 0 Å². The molecule has 1 saturated heterocycles. The van der Waals surface area contributed by atoms with Crippen molar-refractivity contribution in [1.29, 1.82) is 0 Å². The highest BCUT2D eigenvalue weighted by Crippen LogP contribution is 2.36. The number of carboxylic acid groups (broad SMARTS) is 1. The minimum atomic E-state index is -5.77. The number of halogens is 6. The van der Waals surface area contributed by atoms with Gasteiger partial charge >= 0.3 is 24.4 Å². The molecule has 1 fully saturated rings. The summed E-state index contributed by atoms with van der Waals surface area (Å²) in [5.74, 6) is -0.805. The van der Waals surface area contributed by atoms with E-state index in [0.29, 0.717) is 11.3 Å². The van der Waals surface area contributed by atoms with Crippen molar-refractivity contribution in [2.24, 2.45) is 0 Å². The van der Waals surface area contributed by atoms with Crippen molar-refractivity contribution in [2.45, 2.75) is 45.0 Å². The van der Waals surface area contributed by atoms with Crippen LogP contribution < -0.4 is 4.74 Å². The molecule has 1 aliphatic rings. The Hall–Kier alpha value is -2.70. The first-order valence-corrected chi connectivity index (χ1v) is 9.49. The van der Waals surface area contributed by atoms with Crippen LogP contribution in [0.4, 0.5) is 31.1 Å². The van der Waals surface area contributed by atoms with Gasteiger partial charge in [-0.25, -0.2) is 9.59 Å². The Labute approximate surface area is 179 Å². The van der Waals surface area contributed by atoms with Crippen molar-refractivity contribution in [2.75, 3.05) is 26.2 Å².